The number of nitrogens with one attached hydrogen (secondary N) is 2. The second kappa shape index (κ2) is 5.99. The van der Waals surface area contributed by atoms with E-state index < -0.39 is 0 Å². The summed E-state index contributed by atoms with van der Waals surface area (Å²) >= 11 is 4.30. The molecule has 0 aliphatic heterocycles. The summed E-state index contributed by atoms with van der Waals surface area (Å²) in [5.41, 5.74) is 1.26. The summed E-state index contributed by atoms with van der Waals surface area (Å²) in [5.74, 6) is 0.183. The highest BCUT2D eigenvalue weighted by molar-refractivity contribution is 7.80. The zero-order valence-electron chi connectivity index (χ0n) is 11.6. The molecule has 0 heterocycles. The highest BCUT2D eigenvalue weighted by Gasteiger charge is 2.08. The molecule has 0 saturated heterocycles. The Balaban J connectivity index is 1.86. The summed E-state index contributed by atoms with van der Waals surface area (Å²) in [6.07, 6.45) is 0. The van der Waals surface area contributed by atoms with Crippen molar-refractivity contribution in [3.8, 4) is 5.75 Å². The van der Waals surface area contributed by atoms with Crippen LogP contribution in [0.3, 0.4) is 0 Å². The van der Waals surface area contributed by atoms with Crippen molar-refractivity contribution in [3.05, 3.63) is 60.7 Å². The van der Waals surface area contributed by atoms with Crippen molar-refractivity contribution >= 4 is 40.8 Å². The molecule has 3 N–H and O–H groups in total. The van der Waals surface area contributed by atoms with E-state index >= 15 is 0 Å². The van der Waals surface area contributed by atoms with Gasteiger partial charge in [-0.25, -0.2) is 4.79 Å². The highest BCUT2D eigenvalue weighted by atomic mass is 32.1. The topological polar surface area (TPSA) is 61.4 Å². The van der Waals surface area contributed by atoms with Gasteiger partial charge in [-0.3, -0.25) is 0 Å². The summed E-state index contributed by atoms with van der Waals surface area (Å²) in [5, 5.41) is 16.9. The number of phenolic OH excluding ortho intramolecular Hbond substituents is 1. The predicted molar refractivity (Wildman–Crippen MR) is 91.9 cm³/mol. The minimum atomic E-state index is -0.364. The smallest absolute Gasteiger partial charge is 0.323 e. The average Bonchev–Trinajstić information content (AvgIpc) is 2.51. The maximum atomic E-state index is 12.1. The van der Waals surface area contributed by atoms with E-state index in [-0.39, 0.29) is 11.8 Å². The zero-order valence-corrected chi connectivity index (χ0v) is 12.5. The van der Waals surface area contributed by atoms with Crippen molar-refractivity contribution in [3.63, 3.8) is 0 Å². The fourth-order valence-corrected chi connectivity index (χ4v) is 2.47. The van der Waals surface area contributed by atoms with Crippen LogP contribution in [0.15, 0.2) is 65.6 Å². The first-order valence-electron chi connectivity index (χ1n) is 6.72. The van der Waals surface area contributed by atoms with Gasteiger partial charge < -0.3 is 15.7 Å². The number of hydrogen-bond donors (Lipinski definition) is 4. The Hall–Kier alpha value is -2.66. The number of carbonyl (C=O) groups is 1. The number of hydrogen-bond acceptors (Lipinski definition) is 3. The Labute approximate surface area is 133 Å². The van der Waals surface area contributed by atoms with Crippen molar-refractivity contribution in [2.45, 2.75) is 4.90 Å². The third-order valence-corrected chi connectivity index (χ3v) is 3.69. The molecule has 4 nitrogen and oxygen atoms in total. The summed E-state index contributed by atoms with van der Waals surface area (Å²) in [6, 6.07) is 17.5. The molecule has 0 fully saturated rings. The number of anilines is 2. The number of rotatable bonds is 2. The Bertz CT molecular complexity index is 849. The SMILES string of the molecule is O=C(Nc1ccccc1S)Nc1cccc2c(O)cccc12. The van der Waals surface area contributed by atoms with Gasteiger partial charge in [0.1, 0.15) is 5.75 Å². The maximum Gasteiger partial charge on any atom is 0.323 e. The number of aromatic hydroxyl groups is 1. The van der Waals surface area contributed by atoms with Crippen LogP contribution >= 0.6 is 12.6 Å². The standard InChI is InChI=1S/C17H14N2O2S/c20-15-9-4-5-11-12(15)6-3-8-13(11)18-17(21)19-14-7-1-2-10-16(14)22/h1-10,20,22H,(H2,18,19,21). The van der Waals surface area contributed by atoms with Gasteiger partial charge in [0.2, 0.25) is 0 Å². The molecular formula is C17H14N2O2S. The zero-order chi connectivity index (χ0) is 15.5. The Morgan fingerprint density at radius 3 is 2.27 bits per heavy atom. The van der Waals surface area contributed by atoms with E-state index in [1.807, 2.05) is 18.2 Å². The molecule has 0 unspecified atom stereocenters. The van der Waals surface area contributed by atoms with E-state index in [9.17, 15) is 9.90 Å². The number of para-hydroxylation sites is 1. The number of phenols is 1. The second-order valence-electron chi connectivity index (χ2n) is 4.77. The first-order valence-corrected chi connectivity index (χ1v) is 7.16. The number of benzene rings is 3. The van der Waals surface area contributed by atoms with Crippen molar-refractivity contribution in [2.24, 2.45) is 0 Å². The Morgan fingerprint density at radius 2 is 1.45 bits per heavy atom. The number of carbonyl (C=O) groups excluding carboxylic acids is 1. The van der Waals surface area contributed by atoms with Crippen LogP contribution in [0.2, 0.25) is 0 Å². The lowest BCUT2D eigenvalue weighted by Gasteiger charge is -2.11. The quantitative estimate of drug-likeness (QED) is 0.527. The molecule has 22 heavy (non-hydrogen) atoms. The largest absolute Gasteiger partial charge is 0.507 e. The second-order valence-corrected chi connectivity index (χ2v) is 5.26. The lowest BCUT2D eigenvalue weighted by atomic mass is 10.1. The Kier molecular flexibility index (Phi) is 3.89. The van der Waals surface area contributed by atoms with Crippen LogP contribution < -0.4 is 10.6 Å². The first kappa shape index (κ1) is 14.3. The summed E-state index contributed by atoms with van der Waals surface area (Å²) < 4.78 is 0. The molecular weight excluding hydrogens is 296 g/mol. The van der Waals surface area contributed by atoms with E-state index in [4.69, 9.17) is 0 Å². The molecule has 0 spiro atoms. The molecule has 0 radical (unpaired) electrons. The minimum absolute atomic E-state index is 0.183. The molecule has 5 heteroatoms. The van der Waals surface area contributed by atoms with Crippen LogP contribution in [0.4, 0.5) is 16.2 Å². The van der Waals surface area contributed by atoms with Crippen molar-refractivity contribution < 1.29 is 9.90 Å². The van der Waals surface area contributed by atoms with Crippen LogP contribution in [0.5, 0.6) is 5.75 Å². The van der Waals surface area contributed by atoms with E-state index in [0.29, 0.717) is 21.7 Å². The predicted octanol–water partition coefficient (Wildman–Crippen LogP) is 4.48. The molecule has 3 rings (SSSR count). The molecule has 3 aromatic rings. The molecule has 0 aliphatic rings. The molecule has 0 aromatic heterocycles. The molecule has 0 saturated carbocycles. The van der Waals surface area contributed by atoms with Crippen LogP contribution in [0.1, 0.15) is 0 Å². The first-order chi connectivity index (χ1) is 10.6. The molecule has 0 aliphatic carbocycles. The summed E-state index contributed by atoms with van der Waals surface area (Å²) in [7, 11) is 0. The van der Waals surface area contributed by atoms with Crippen LogP contribution in [0.25, 0.3) is 10.8 Å². The monoisotopic (exact) mass is 310 g/mol. The molecule has 3 aromatic carbocycles. The van der Waals surface area contributed by atoms with Gasteiger partial charge in [0.15, 0.2) is 0 Å². The average molecular weight is 310 g/mol. The lowest BCUT2D eigenvalue weighted by molar-refractivity contribution is 0.262. The van der Waals surface area contributed by atoms with E-state index in [0.717, 1.165) is 5.39 Å². The molecule has 0 bridgehead atoms. The lowest BCUT2D eigenvalue weighted by Crippen LogP contribution is -2.19. The summed E-state index contributed by atoms with van der Waals surface area (Å²) in [4.78, 5) is 12.8. The van der Waals surface area contributed by atoms with Gasteiger partial charge in [0, 0.05) is 15.7 Å². The maximum absolute atomic E-state index is 12.1. The highest BCUT2D eigenvalue weighted by Crippen LogP contribution is 2.30. The van der Waals surface area contributed by atoms with Crippen molar-refractivity contribution in [2.75, 3.05) is 10.6 Å². The van der Waals surface area contributed by atoms with Gasteiger partial charge in [0.05, 0.1) is 11.4 Å². The third-order valence-electron chi connectivity index (χ3n) is 3.30. The van der Waals surface area contributed by atoms with Crippen LogP contribution in [-0.2, 0) is 0 Å². The molecule has 110 valence electrons. The number of fused-ring (bicyclic) bond motifs is 1. The minimum Gasteiger partial charge on any atom is -0.507 e. The van der Waals surface area contributed by atoms with Gasteiger partial charge in [-0.15, -0.1) is 12.6 Å². The van der Waals surface area contributed by atoms with Gasteiger partial charge >= 0.3 is 6.03 Å². The molecule has 2 amide bonds. The Morgan fingerprint density at radius 1 is 0.818 bits per heavy atom. The van der Waals surface area contributed by atoms with Gasteiger partial charge in [0.25, 0.3) is 0 Å². The molecule has 0 atom stereocenters. The van der Waals surface area contributed by atoms with Gasteiger partial charge in [-0.2, -0.15) is 0 Å². The normalized spacial score (nSPS) is 10.4. The van der Waals surface area contributed by atoms with Gasteiger partial charge in [-0.1, -0.05) is 36.4 Å². The fourth-order valence-electron chi connectivity index (χ4n) is 2.26. The fraction of sp³-hybridized carbons (Fsp3) is 0. The number of urea groups is 1. The number of amides is 2. The van der Waals surface area contributed by atoms with Crippen LogP contribution in [-0.4, -0.2) is 11.1 Å². The number of thiol groups is 1. The third kappa shape index (κ3) is 2.84. The van der Waals surface area contributed by atoms with Crippen LogP contribution in [0, 0.1) is 0 Å². The summed E-state index contributed by atoms with van der Waals surface area (Å²) in [6.45, 7) is 0. The van der Waals surface area contributed by atoms with Crippen molar-refractivity contribution in [1.82, 2.24) is 0 Å². The van der Waals surface area contributed by atoms with E-state index in [1.165, 1.54) is 0 Å². The van der Waals surface area contributed by atoms with Gasteiger partial charge in [-0.05, 0) is 24.3 Å². The van der Waals surface area contributed by atoms with E-state index in [2.05, 4.69) is 23.3 Å². The van der Waals surface area contributed by atoms with Crippen molar-refractivity contribution in [1.29, 1.82) is 0 Å². The van der Waals surface area contributed by atoms with E-state index in [1.54, 1.807) is 42.5 Å².